The zero-order valence-corrected chi connectivity index (χ0v) is 19.3. The Balaban J connectivity index is 1.63. The molecule has 0 bridgehead atoms. The molecule has 0 saturated heterocycles. The number of amides is 1. The molecule has 2 aromatic heterocycles. The Morgan fingerprint density at radius 2 is 1.73 bits per heavy atom. The van der Waals surface area contributed by atoms with Crippen LogP contribution in [0.15, 0.2) is 73.1 Å². The number of nitrogens with two attached hydrogens (primary N) is 1. The van der Waals surface area contributed by atoms with Crippen molar-refractivity contribution in [2.75, 3.05) is 0 Å². The van der Waals surface area contributed by atoms with Gasteiger partial charge in [-0.3, -0.25) is 15.2 Å². The van der Waals surface area contributed by atoms with Gasteiger partial charge in [-0.2, -0.15) is 0 Å². The number of amidine groups is 1. The van der Waals surface area contributed by atoms with E-state index in [4.69, 9.17) is 11.1 Å². The highest BCUT2D eigenvalue weighted by Crippen LogP contribution is 2.42. The van der Waals surface area contributed by atoms with Crippen molar-refractivity contribution < 1.29 is 19.4 Å². The number of hydrogen-bond donors (Lipinski definition) is 6. The average molecular weight is 497 g/mol. The number of hydrogen-bond acceptors (Lipinski definition) is 6. The van der Waals surface area contributed by atoms with Crippen LogP contribution in [0.3, 0.4) is 0 Å². The fourth-order valence-electron chi connectivity index (χ4n) is 3.97. The lowest BCUT2D eigenvalue weighted by Crippen LogP contribution is -2.23. The van der Waals surface area contributed by atoms with Crippen molar-refractivity contribution in [1.29, 1.82) is 5.41 Å². The molecule has 0 aliphatic heterocycles. The molecule has 3 aromatic carbocycles. The Labute approximate surface area is 210 Å². The van der Waals surface area contributed by atoms with Crippen molar-refractivity contribution in [3.05, 3.63) is 95.6 Å². The van der Waals surface area contributed by atoms with Crippen LogP contribution in [0.1, 0.15) is 21.5 Å². The summed E-state index contributed by atoms with van der Waals surface area (Å²) in [6, 6.07) is 14.7. The third-order valence-corrected chi connectivity index (χ3v) is 5.87. The summed E-state index contributed by atoms with van der Waals surface area (Å²) in [7, 11) is 0. The number of pyridine rings is 1. The van der Waals surface area contributed by atoms with Crippen LogP contribution in [-0.4, -0.2) is 36.9 Å². The zero-order chi connectivity index (χ0) is 26.1. The monoisotopic (exact) mass is 496 g/mol. The Morgan fingerprint density at radius 1 is 0.973 bits per heavy atom. The second-order valence-corrected chi connectivity index (χ2v) is 8.35. The van der Waals surface area contributed by atoms with Gasteiger partial charge >= 0.3 is 0 Å². The smallest absolute Gasteiger partial charge is 0.251 e. The minimum absolute atomic E-state index is 0.0116. The number of phenolic OH excluding ortho intramolecular Hbond substituents is 2. The molecule has 0 saturated carbocycles. The number of H-pyrrole nitrogens is 1. The van der Waals surface area contributed by atoms with Crippen molar-refractivity contribution in [2.24, 2.45) is 5.73 Å². The highest BCUT2D eigenvalue weighted by molar-refractivity contribution is 6.00. The number of rotatable bonds is 6. The second kappa shape index (κ2) is 9.42. The summed E-state index contributed by atoms with van der Waals surface area (Å²) in [4.78, 5) is 24.7. The van der Waals surface area contributed by atoms with E-state index in [1.165, 1.54) is 18.2 Å². The maximum Gasteiger partial charge on any atom is 0.251 e. The molecule has 0 aliphatic carbocycles. The second-order valence-electron chi connectivity index (χ2n) is 8.35. The summed E-state index contributed by atoms with van der Waals surface area (Å²) >= 11 is 0. The van der Waals surface area contributed by atoms with Gasteiger partial charge in [0, 0.05) is 41.2 Å². The molecule has 2 heterocycles. The number of imidazole rings is 1. The predicted molar refractivity (Wildman–Crippen MR) is 137 cm³/mol. The van der Waals surface area contributed by atoms with Crippen LogP contribution in [0.25, 0.3) is 33.5 Å². The fraction of sp³-hybridized carbons (Fsp3) is 0.0370. The summed E-state index contributed by atoms with van der Waals surface area (Å²) in [6.07, 6.45) is 3.23. The van der Waals surface area contributed by atoms with Crippen molar-refractivity contribution in [1.82, 2.24) is 20.3 Å². The van der Waals surface area contributed by atoms with E-state index in [1.54, 1.807) is 42.7 Å². The van der Waals surface area contributed by atoms with E-state index in [0.29, 0.717) is 16.6 Å². The first-order valence-corrected chi connectivity index (χ1v) is 11.2. The molecule has 10 heteroatoms. The first-order valence-electron chi connectivity index (χ1n) is 11.2. The van der Waals surface area contributed by atoms with E-state index in [1.807, 2.05) is 0 Å². The first-order chi connectivity index (χ1) is 17.8. The van der Waals surface area contributed by atoms with Crippen LogP contribution in [0.5, 0.6) is 11.5 Å². The van der Waals surface area contributed by atoms with Crippen LogP contribution in [0.4, 0.5) is 4.39 Å². The van der Waals surface area contributed by atoms with Gasteiger partial charge in [-0.15, -0.1) is 0 Å². The molecule has 0 spiro atoms. The van der Waals surface area contributed by atoms with E-state index < -0.39 is 11.7 Å². The number of aromatic nitrogens is 3. The minimum atomic E-state index is -0.623. The third kappa shape index (κ3) is 4.67. The quantitative estimate of drug-likeness (QED) is 0.153. The standard InChI is InChI=1S/C27H21FN6O3/c28-17-2-4-23(35)18(12-17)19-9-16(27(37)32-13-14-5-7-31-8-6-14)10-20(24(19)36)26-33-21-3-1-15(25(29)30)11-22(21)34-26/h1-12,35-36H,13H2,(H3,29,30)(H,32,37)(H,33,34). The van der Waals surface area contributed by atoms with Gasteiger partial charge < -0.3 is 26.2 Å². The van der Waals surface area contributed by atoms with E-state index in [-0.39, 0.29) is 52.0 Å². The Morgan fingerprint density at radius 3 is 2.49 bits per heavy atom. The van der Waals surface area contributed by atoms with Crippen molar-refractivity contribution in [3.8, 4) is 34.0 Å². The zero-order valence-electron chi connectivity index (χ0n) is 19.3. The lowest BCUT2D eigenvalue weighted by molar-refractivity contribution is 0.0951. The van der Waals surface area contributed by atoms with E-state index >= 15 is 0 Å². The van der Waals surface area contributed by atoms with Crippen LogP contribution < -0.4 is 11.1 Å². The average Bonchev–Trinajstić information content (AvgIpc) is 3.32. The van der Waals surface area contributed by atoms with Gasteiger partial charge in [0.05, 0.1) is 16.6 Å². The van der Waals surface area contributed by atoms with Crippen LogP contribution in [0.2, 0.25) is 0 Å². The molecule has 37 heavy (non-hydrogen) atoms. The highest BCUT2D eigenvalue weighted by atomic mass is 19.1. The molecule has 0 atom stereocenters. The number of carbonyl (C=O) groups excluding carboxylic acids is 1. The summed E-state index contributed by atoms with van der Waals surface area (Å²) in [5, 5.41) is 32.1. The number of benzene rings is 3. The van der Waals surface area contributed by atoms with Crippen molar-refractivity contribution in [2.45, 2.75) is 6.54 Å². The largest absolute Gasteiger partial charge is 0.507 e. The van der Waals surface area contributed by atoms with Crippen molar-refractivity contribution >= 4 is 22.8 Å². The third-order valence-electron chi connectivity index (χ3n) is 5.87. The first kappa shape index (κ1) is 23.5. The summed E-state index contributed by atoms with van der Waals surface area (Å²) in [5.74, 6) is -1.54. The van der Waals surface area contributed by atoms with Gasteiger partial charge in [-0.25, -0.2) is 9.37 Å². The maximum atomic E-state index is 14.1. The van der Waals surface area contributed by atoms with Gasteiger partial charge in [0.1, 0.15) is 29.0 Å². The van der Waals surface area contributed by atoms with Gasteiger partial charge in [-0.05, 0) is 66.2 Å². The van der Waals surface area contributed by atoms with E-state index in [0.717, 1.165) is 17.7 Å². The number of aromatic hydroxyl groups is 2. The van der Waals surface area contributed by atoms with Crippen molar-refractivity contribution in [3.63, 3.8) is 0 Å². The Bertz CT molecular complexity index is 1670. The molecule has 9 nitrogen and oxygen atoms in total. The Kier molecular flexibility index (Phi) is 5.98. The molecule has 5 aromatic rings. The number of fused-ring (bicyclic) bond motifs is 1. The molecular weight excluding hydrogens is 475 g/mol. The number of carbonyl (C=O) groups is 1. The number of nitrogen functional groups attached to an aromatic ring is 1. The molecule has 7 N–H and O–H groups in total. The maximum absolute atomic E-state index is 14.1. The van der Waals surface area contributed by atoms with Gasteiger partial charge in [0.15, 0.2) is 0 Å². The molecule has 5 rings (SSSR count). The summed E-state index contributed by atoms with van der Waals surface area (Å²) in [6.45, 7) is 0.233. The van der Waals surface area contributed by atoms with Crippen LogP contribution in [-0.2, 0) is 6.54 Å². The van der Waals surface area contributed by atoms with E-state index in [9.17, 15) is 19.4 Å². The number of aromatic amines is 1. The van der Waals surface area contributed by atoms with Gasteiger partial charge in [0.25, 0.3) is 5.91 Å². The molecule has 0 fully saturated rings. The van der Waals surface area contributed by atoms with Gasteiger partial charge in [-0.1, -0.05) is 0 Å². The number of nitrogens with one attached hydrogen (secondary N) is 3. The summed E-state index contributed by atoms with van der Waals surface area (Å²) < 4.78 is 14.1. The minimum Gasteiger partial charge on any atom is -0.507 e. The molecule has 0 radical (unpaired) electrons. The molecule has 184 valence electrons. The predicted octanol–water partition coefficient (Wildman–Crippen LogP) is 4.06. The van der Waals surface area contributed by atoms with Crippen LogP contribution in [0, 0.1) is 11.2 Å². The molecule has 0 aliphatic rings. The van der Waals surface area contributed by atoms with Crippen LogP contribution >= 0.6 is 0 Å². The number of halogens is 1. The number of phenols is 2. The molecule has 1 amide bonds. The normalized spacial score (nSPS) is 10.9. The van der Waals surface area contributed by atoms with Gasteiger partial charge in [0.2, 0.25) is 0 Å². The SMILES string of the molecule is N=C(N)c1ccc2nc(-c3cc(C(=O)NCc4ccncc4)cc(-c4cc(F)ccc4O)c3O)[nH]c2c1. The van der Waals surface area contributed by atoms with E-state index in [2.05, 4.69) is 20.3 Å². The highest BCUT2D eigenvalue weighted by Gasteiger charge is 2.21. The molecule has 0 unspecified atom stereocenters. The lowest BCUT2D eigenvalue weighted by Gasteiger charge is -2.14. The summed E-state index contributed by atoms with van der Waals surface area (Å²) in [5.41, 5.74) is 8.40. The number of nitrogens with zero attached hydrogens (tertiary/aromatic N) is 2. The molecular formula is C27H21FN6O3. The lowest BCUT2D eigenvalue weighted by atomic mass is 9.96. The fourth-order valence-corrected chi connectivity index (χ4v) is 3.97. The topological polar surface area (TPSA) is 161 Å². The Hall–Kier alpha value is -5.25.